The van der Waals surface area contributed by atoms with Crippen LogP contribution >= 0.6 is 15.9 Å². The first kappa shape index (κ1) is 13.5. The highest BCUT2D eigenvalue weighted by Crippen LogP contribution is 2.27. The van der Waals surface area contributed by atoms with Crippen LogP contribution in [0, 0.1) is 11.3 Å². The van der Waals surface area contributed by atoms with Crippen molar-refractivity contribution in [3.63, 3.8) is 0 Å². The van der Waals surface area contributed by atoms with Gasteiger partial charge in [-0.1, -0.05) is 0 Å². The number of carbonyl (C=O) groups excluding carboxylic acids is 1. The van der Waals surface area contributed by atoms with Crippen molar-refractivity contribution in [3.8, 4) is 11.8 Å². The average molecular weight is 298 g/mol. The molecule has 0 spiro atoms. The molecule has 0 aromatic heterocycles. The van der Waals surface area contributed by atoms with Crippen LogP contribution in [0.15, 0.2) is 16.6 Å². The van der Waals surface area contributed by atoms with E-state index >= 15 is 0 Å². The SMILES string of the molecule is CCOC(=O)Cc1cc(C#N)c(Br)cc1OC. The summed E-state index contributed by atoms with van der Waals surface area (Å²) in [5.74, 6) is 0.223. The van der Waals surface area contributed by atoms with Crippen LogP contribution in [0.3, 0.4) is 0 Å². The lowest BCUT2D eigenvalue weighted by Gasteiger charge is -2.09. The fourth-order valence-corrected chi connectivity index (χ4v) is 1.79. The van der Waals surface area contributed by atoms with Gasteiger partial charge in [-0.3, -0.25) is 4.79 Å². The average Bonchev–Trinajstić information content (AvgIpc) is 2.31. The molecular weight excluding hydrogens is 286 g/mol. The lowest BCUT2D eigenvalue weighted by atomic mass is 10.1. The molecule has 0 saturated carbocycles. The zero-order valence-corrected chi connectivity index (χ0v) is 11.2. The molecule has 4 nitrogen and oxygen atoms in total. The van der Waals surface area contributed by atoms with Gasteiger partial charge in [0, 0.05) is 10.0 Å². The Bertz CT molecular complexity index is 466. The molecule has 90 valence electrons. The van der Waals surface area contributed by atoms with E-state index in [1.54, 1.807) is 19.1 Å². The topological polar surface area (TPSA) is 59.3 Å². The Hall–Kier alpha value is -1.54. The van der Waals surface area contributed by atoms with Crippen LogP contribution in [0.4, 0.5) is 0 Å². The van der Waals surface area contributed by atoms with Crippen molar-refractivity contribution in [3.05, 3.63) is 27.7 Å². The first-order valence-corrected chi connectivity index (χ1v) is 5.83. The maximum absolute atomic E-state index is 11.4. The number of hydrogen-bond acceptors (Lipinski definition) is 4. The molecule has 17 heavy (non-hydrogen) atoms. The third-order valence-electron chi connectivity index (χ3n) is 2.13. The number of benzene rings is 1. The molecule has 0 fully saturated rings. The number of nitriles is 1. The first-order valence-electron chi connectivity index (χ1n) is 5.04. The summed E-state index contributed by atoms with van der Waals surface area (Å²) < 4.78 is 10.7. The quantitative estimate of drug-likeness (QED) is 0.801. The van der Waals surface area contributed by atoms with E-state index in [1.807, 2.05) is 6.07 Å². The lowest BCUT2D eigenvalue weighted by molar-refractivity contribution is -0.142. The molecule has 0 radical (unpaired) electrons. The van der Waals surface area contributed by atoms with Gasteiger partial charge in [0.15, 0.2) is 0 Å². The zero-order valence-electron chi connectivity index (χ0n) is 9.62. The summed E-state index contributed by atoms with van der Waals surface area (Å²) in [7, 11) is 1.52. The van der Waals surface area contributed by atoms with E-state index < -0.39 is 0 Å². The maximum atomic E-state index is 11.4. The van der Waals surface area contributed by atoms with Gasteiger partial charge in [-0.15, -0.1) is 0 Å². The first-order chi connectivity index (χ1) is 8.12. The summed E-state index contributed by atoms with van der Waals surface area (Å²) in [6.07, 6.45) is 0.0962. The monoisotopic (exact) mass is 297 g/mol. The molecule has 1 aromatic carbocycles. The minimum atomic E-state index is -0.336. The Labute approximate surface area is 108 Å². The fourth-order valence-electron chi connectivity index (χ4n) is 1.38. The molecule has 0 aliphatic carbocycles. The van der Waals surface area contributed by atoms with Crippen LogP contribution in [0.5, 0.6) is 5.75 Å². The van der Waals surface area contributed by atoms with E-state index in [2.05, 4.69) is 15.9 Å². The van der Waals surface area contributed by atoms with Crippen molar-refractivity contribution in [2.45, 2.75) is 13.3 Å². The molecule has 0 aliphatic rings. The molecule has 1 rings (SSSR count). The fraction of sp³-hybridized carbons (Fsp3) is 0.333. The predicted octanol–water partition coefficient (Wildman–Crippen LogP) is 2.43. The molecule has 0 amide bonds. The maximum Gasteiger partial charge on any atom is 0.310 e. The van der Waals surface area contributed by atoms with Gasteiger partial charge in [0.2, 0.25) is 0 Å². The summed E-state index contributed by atoms with van der Waals surface area (Å²) in [6.45, 7) is 2.08. The van der Waals surface area contributed by atoms with Gasteiger partial charge < -0.3 is 9.47 Å². The number of rotatable bonds is 4. The molecule has 0 aliphatic heterocycles. The van der Waals surface area contributed by atoms with E-state index in [9.17, 15) is 4.79 Å². The van der Waals surface area contributed by atoms with Crippen LogP contribution in [-0.2, 0) is 16.0 Å². The molecular formula is C12H12BrNO3. The summed E-state index contributed by atoms with van der Waals surface area (Å²) in [4.78, 5) is 11.4. The number of methoxy groups -OCH3 is 1. The largest absolute Gasteiger partial charge is 0.496 e. The molecule has 0 unspecified atom stereocenters. The molecule has 0 N–H and O–H groups in total. The smallest absolute Gasteiger partial charge is 0.310 e. The van der Waals surface area contributed by atoms with Crippen molar-refractivity contribution in [1.82, 2.24) is 0 Å². The van der Waals surface area contributed by atoms with Crippen LogP contribution in [-0.4, -0.2) is 19.7 Å². The van der Waals surface area contributed by atoms with Gasteiger partial charge in [-0.2, -0.15) is 5.26 Å². The second kappa shape index (κ2) is 6.26. The van der Waals surface area contributed by atoms with E-state index in [4.69, 9.17) is 14.7 Å². The number of hydrogen-bond donors (Lipinski definition) is 0. The van der Waals surface area contributed by atoms with Gasteiger partial charge in [0.05, 0.1) is 25.7 Å². The number of carbonyl (C=O) groups is 1. The Balaban J connectivity index is 3.05. The predicted molar refractivity (Wildman–Crippen MR) is 65.7 cm³/mol. The van der Waals surface area contributed by atoms with Crippen molar-refractivity contribution >= 4 is 21.9 Å². The van der Waals surface area contributed by atoms with Crippen molar-refractivity contribution < 1.29 is 14.3 Å². The second-order valence-electron chi connectivity index (χ2n) is 3.24. The summed E-state index contributed by atoms with van der Waals surface area (Å²) in [5.41, 5.74) is 1.11. The molecule has 0 saturated heterocycles. The Morgan fingerprint density at radius 1 is 1.53 bits per heavy atom. The third kappa shape index (κ3) is 3.46. The van der Waals surface area contributed by atoms with Gasteiger partial charge in [-0.25, -0.2) is 0 Å². The van der Waals surface area contributed by atoms with Crippen LogP contribution < -0.4 is 4.74 Å². The minimum Gasteiger partial charge on any atom is -0.496 e. The van der Waals surface area contributed by atoms with Crippen molar-refractivity contribution in [2.24, 2.45) is 0 Å². The Kier molecular flexibility index (Phi) is 4.98. The van der Waals surface area contributed by atoms with E-state index in [-0.39, 0.29) is 12.4 Å². The number of halogens is 1. The van der Waals surface area contributed by atoms with Gasteiger partial charge >= 0.3 is 5.97 Å². The standard InChI is InChI=1S/C12H12BrNO3/c1-3-17-12(15)5-8-4-9(7-14)10(13)6-11(8)16-2/h4,6H,3,5H2,1-2H3. The van der Waals surface area contributed by atoms with E-state index in [0.29, 0.717) is 28.0 Å². The number of ether oxygens (including phenoxy) is 2. The molecule has 0 heterocycles. The summed E-state index contributed by atoms with van der Waals surface area (Å²) >= 11 is 3.26. The van der Waals surface area contributed by atoms with Gasteiger partial charge in [0.25, 0.3) is 0 Å². The zero-order chi connectivity index (χ0) is 12.8. The summed E-state index contributed by atoms with van der Waals surface area (Å²) in [6, 6.07) is 5.34. The highest BCUT2D eigenvalue weighted by atomic mass is 79.9. The molecule has 0 atom stereocenters. The Morgan fingerprint density at radius 3 is 2.76 bits per heavy atom. The second-order valence-corrected chi connectivity index (χ2v) is 4.09. The van der Waals surface area contributed by atoms with Crippen LogP contribution in [0.1, 0.15) is 18.1 Å². The summed E-state index contributed by atoms with van der Waals surface area (Å²) in [5, 5.41) is 8.91. The highest BCUT2D eigenvalue weighted by molar-refractivity contribution is 9.10. The van der Waals surface area contributed by atoms with E-state index in [0.717, 1.165) is 0 Å². The number of nitrogens with zero attached hydrogens (tertiary/aromatic N) is 1. The van der Waals surface area contributed by atoms with Crippen LogP contribution in [0.25, 0.3) is 0 Å². The normalized spacial score (nSPS) is 9.53. The highest BCUT2D eigenvalue weighted by Gasteiger charge is 2.13. The van der Waals surface area contributed by atoms with Crippen LogP contribution in [0.2, 0.25) is 0 Å². The van der Waals surface area contributed by atoms with Crippen molar-refractivity contribution in [2.75, 3.05) is 13.7 Å². The molecule has 0 bridgehead atoms. The van der Waals surface area contributed by atoms with Gasteiger partial charge in [-0.05, 0) is 35.0 Å². The third-order valence-corrected chi connectivity index (χ3v) is 2.79. The number of esters is 1. The lowest BCUT2D eigenvalue weighted by Crippen LogP contribution is -2.08. The van der Waals surface area contributed by atoms with E-state index in [1.165, 1.54) is 7.11 Å². The minimum absolute atomic E-state index is 0.0962. The van der Waals surface area contributed by atoms with Crippen molar-refractivity contribution in [1.29, 1.82) is 5.26 Å². The molecule has 5 heteroatoms. The Morgan fingerprint density at radius 2 is 2.24 bits per heavy atom. The van der Waals surface area contributed by atoms with Gasteiger partial charge in [0.1, 0.15) is 11.8 Å². The molecule has 1 aromatic rings.